The van der Waals surface area contributed by atoms with Crippen LogP contribution in [0.1, 0.15) is 27.1 Å². The molecular formula is C19H20FN3O3S. The van der Waals surface area contributed by atoms with Gasteiger partial charge in [-0.1, -0.05) is 24.3 Å². The smallest absolute Gasteiger partial charge is 0.260 e. The first-order valence-electron chi connectivity index (χ1n) is 8.26. The van der Waals surface area contributed by atoms with E-state index in [9.17, 15) is 14.0 Å². The van der Waals surface area contributed by atoms with Crippen LogP contribution in [0.5, 0.6) is 0 Å². The van der Waals surface area contributed by atoms with Gasteiger partial charge in [-0.25, -0.2) is 4.39 Å². The van der Waals surface area contributed by atoms with Crippen molar-refractivity contribution in [3.8, 4) is 0 Å². The van der Waals surface area contributed by atoms with Gasteiger partial charge in [0, 0.05) is 20.3 Å². The van der Waals surface area contributed by atoms with E-state index in [-0.39, 0.29) is 16.6 Å². The van der Waals surface area contributed by atoms with Crippen molar-refractivity contribution in [1.82, 2.24) is 10.6 Å². The van der Waals surface area contributed by atoms with Crippen molar-refractivity contribution in [2.75, 3.05) is 25.6 Å². The van der Waals surface area contributed by atoms with E-state index in [0.29, 0.717) is 30.8 Å². The molecular weight excluding hydrogens is 369 g/mol. The average Bonchev–Trinajstić information content (AvgIpc) is 2.65. The summed E-state index contributed by atoms with van der Waals surface area (Å²) in [6.07, 6.45) is 0.689. The van der Waals surface area contributed by atoms with Gasteiger partial charge in [0.15, 0.2) is 5.11 Å². The van der Waals surface area contributed by atoms with Gasteiger partial charge in [0.1, 0.15) is 5.82 Å². The molecule has 0 aromatic heterocycles. The highest BCUT2D eigenvalue weighted by atomic mass is 32.1. The minimum Gasteiger partial charge on any atom is -0.385 e. The summed E-state index contributed by atoms with van der Waals surface area (Å²) < 4.78 is 18.6. The molecule has 0 fully saturated rings. The molecule has 2 aromatic carbocycles. The molecule has 8 heteroatoms. The second-order valence-corrected chi connectivity index (χ2v) is 5.94. The Bertz CT molecular complexity index is 829. The van der Waals surface area contributed by atoms with Crippen LogP contribution in [0.3, 0.4) is 0 Å². The number of rotatable bonds is 7. The van der Waals surface area contributed by atoms with E-state index in [2.05, 4.69) is 16.0 Å². The maximum atomic E-state index is 13.7. The summed E-state index contributed by atoms with van der Waals surface area (Å²) >= 11 is 5.11. The van der Waals surface area contributed by atoms with Gasteiger partial charge in [-0.05, 0) is 42.9 Å². The van der Waals surface area contributed by atoms with Gasteiger partial charge in [0.2, 0.25) is 0 Å². The third-order valence-electron chi connectivity index (χ3n) is 3.58. The summed E-state index contributed by atoms with van der Waals surface area (Å²) in [5.41, 5.74) is 0.684. The van der Waals surface area contributed by atoms with Gasteiger partial charge >= 0.3 is 0 Å². The Balaban J connectivity index is 2.00. The molecule has 0 spiro atoms. The molecule has 0 aliphatic rings. The number of hydrogen-bond donors (Lipinski definition) is 3. The average molecular weight is 389 g/mol. The molecule has 0 heterocycles. The van der Waals surface area contributed by atoms with Crippen LogP contribution in [0.25, 0.3) is 0 Å². The van der Waals surface area contributed by atoms with Crippen LogP contribution in [0, 0.1) is 5.82 Å². The van der Waals surface area contributed by atoms with E-state index in [1.54, 1.807) is 37.4 Å². The lowest BCUT2D eigenvalue weighted by molar-refractivity contribution is 0.0947. The third-order valence-corrected chi connectivity index (χ3v) is 3.78. The number of benzene rings is 2. The van der Waals surface area contributed by atoms with Crippen LogP contribution in [-0.2, 0) is 4.74 Å². The predicted octanol–water partition coefficient (Wildman–Crippen LogP) is 2.72. The molecule has 0 saturated heterocycles. The first-order chi connectivity index (χ1) is 13.0. The summed E-state index contributed by atoms with van der Waals surface area (Å²) in [6, 6.07) is 12.3. The van der Waals surface area contributed by atoms with Crippen molar-refractivity contribution in [1.29, 1.82) is 0 Å². The lowest BCUT2D eigenvalue weighted by Crippen LogP contribution is -2.35. The van der Waals surface area contributed by atoms with Gasteiger partial charge in [-0.15, -0.1) is 0 Å². The van der Waals surface area contributed by atoms with E-state index in [4.69, 9.17) is 17.0 Å². The van der Waals surface area contributed by atoms with Crippen molar-refractivity contribution >= 4 is 34.8 Å². The first kappa shape index (κ1) is 20.5. The number of methoxy groups -OCH3 is 1. The second kappa shape index (κ2) is 10.3. The summed E-state index contributed by atoms with van der Waals surface area (Å²) in [4.78, 5) is 24.4. The molecule has 2 aromatic rings. The lowest BCUT2D eigenvalue weighted by atomic mass is 10.1. The Morgan fingerprint density at radius 3 is 2.41 bits per heavy atom. The number of nitrogens with one attached hydrogen (secondary N) is 3. The predicted molar refractivity (Wildman–Crippen MR) is 105 cm³/mol. The molecule has 3 N–H and O–H groups in total. The number of hydrogen-bond acceptors (Lipinski definition) is 4. The number of thiocarbonyl (C=S) groups is 1. The van der Waals surface area contributed by atoms with Crippen molar-refractivity contribution < 1.29 is 18.7 Å². The zero-order valence-electron chi connectivity index (χ0n) is 14.8. The molecule has 0 aliphatic carbocycles. The van der Waals surface area contributed by atoms with Gasteiger partial charge in [-0.3, -0.25) is 14.9 Å². The molecule has 0 saturated carbocycles. The fourth-order valence-corrected chi connectivity index (χ4v) is 2.48. The molecule has 2 rings (SSSR count). The quantitative estimate of drug-likeness (QED) is 0.501. The van der Waals surface area contributed by atoms with Crippen molar-refractivity contribution in [2.24, 2.45) is 0 Å². The number of carbonyl (C=O) groups excluding carboxylic acids is 2. The Morgan fingerprint density at radius 2 is 1.70 bits per heavy atom. The van der Waals surface area contributed by atoms with E-state index >= 15 is 0 Å². The fraction of sp³-hybridized carbons (Fsp3) is 0.211. The number of anilines is 1. The maximum Gasteiger partial charge on any atom is 0.260 e. The highest BCUT2D eigenvalue weighted by molar-refractivity contribution is 7.80. The molecule has 0 atom stereocenters. The highest BCUT2D eigenvalue weighted by Gasteiger charge is 2.15. The normalized spacial score (nSPS) is 10.1. The number of carbonyl (C=O) groups is 2. The minimum atomic E-state index is -0.674. The standard InChI is InChI=1S/C19H20FN3O3S/c1-26-12-6-11-21-17(24)14-8-3-5-10-16(14)22-19(27)23-18(25)13-7-2-4-9-15(13)20/h2-5,7-10H,6,11-12H2,1H3,(H,21,24)(H2,22,23,25,27). The zero-order chi connectivity index (χ0) is 19.6. The van der Waals surface area contributed by atoms with E-state index in [1.807, 2.05) is 0 Å². The number of para-hydroxylation sites is 1. The molecule has 27 heavy (non-hydrogen) atoms. The Hall–Kier alpha value is -2.84. The molecule has 6 nitrogen and oxygen atoms in total. The fourth-order valence-electron chi connectivity index (χ4n) is 2.27. The zero-order valence-corrected chi connectivity index (χ0v) is 15.6. The second-order valence-electron chi connectivity index (χ2n) is 5.54. The Kier molecular flexibility index (Phi) is 7.84. The molecule has 0 unspecified atom stereocenters. The van der Waals surface area contributed by atoms with Crippen LogP contribution in [0.2, 0.25) is 0 Å². The van der Waals surface area contributed by atoms with Crippen molar-refractivity contribution in [3.05, 3.63) is 65.5 Å². The van der Waals surface area contributed by atoms with Crippen molar-refractivity contribution in [3.63, 3.8) is 0 Å². The van der Waals surface area contributed by atoms with Crippen LogP contribution >= 0.6 is 12.2 Å². The maximum absolute atomic E-state index is 13.7. The minimum absolute atomic E-state index is 0.0390. The van der Waals surface area contributed by atoms with Crippen molar-refractivity contribution in [2.45, 2.75) is 6.42 Å². The van der Waals surface area contributed by atoms with Crippen LogP contribution in [-0.4, -0.2) is 37.2 Å². The topological polar surface area (TPSA) is 79.5 Å². The van der Waals surface area contributed by atoms with Gasteiger partial charge < -0.3 is 15.4 Å². The Labute approximate surface area is 162 Å². The molecule has 142 valence electrons. The van der Waals surface area contributed by atoms with Crippen LogP contribution in [0.15, 0.2) is 48.5 Å². The van der Waals surface area contributed by atoms with E-state index < -0.39 is 11.7 Å². The van der Waals surface area contributed by atoms with Gasteiger partial charge in [0.05, 0.1) is 16.8 Å². The SMILES string of the molecule is COCCCNC(=O)c1ccccc1NC(=S)NC(=O)c1ccccc1F. The molecule has 0 bridgehead atoms. The largest absolute Gasteiger partial charge is 0.385 e. The molecule has 0 radical (unpaired) electrons. The highest BCUT2D eigenvalue weighted by Crippen LogP contribution is 2.15. The lowest BCUT2D eigenvalue weighted by Gasteiger charge is -2.13. The summed E-state index contributed by atoms with van der Waals surface area (Å²) in [5.74, 6) is -1.60. The summed E-state index contributed by atoms with van der Waals surface area (Å²) in [5, 5.41) is 7.95. The van der Waals surface area contributed by atoms with Crippen LogP contribution in [0.4, 0.5) is 10.1 Å². The first-order valence-corrected chi connectivity index (χ1v) is 8.66. The Morgan fingerprint density at radius 1 is 1.04 bits per heavy atom. The third kappa shape index (κ3) is 6.12. The molecule has 2 amide bonds. The van der Waals surface area contributed by atoms with Crippen LogP contribution < -0.4 is 16.0 Å². The van der Waals surface area contributed by atoms with E-state index in [1.165, 1.54) is 18.2 Å². The van der Waals surface area contributed by atoms with E-state index in [0.717, 1.165) is 0 Å². The summed E-state index contributed by atoms with van der Waals surface area (Å²) in [6.45, 7) is 1.02. The monoisotopic (exact) mass is 389 g/mol. The van der Waals surface area contributed by atoms with Gasteiger partial charge in [-0.2, -0.15) is 0 Å². The number of halogens is 1. The summed E-state index contributed by atoms with van der Waals surface area (Å²) in [7, 11) is 1.59. The van der Waals surface area contributed by atoms with Gasteiger partial charge in [0.25, 0.3) is 11.8 Å². The number of amides is 2. The molecule has 0 aliphatic heterocycles. The number of ether oxygens (including phenoxy) is 1.